The number of amides is 1. The van der Waals surface area contributed by atoms with Crippen LogP contribution in [-0.4, -0.2) is 51.6 Å². The van der Waals surface area contributed by atoms with Gasteiger partial charge in [-0.25, -0.2) is 13.9 Å². The molecule has 0 atom stereocenters. The number of halogens is 1. The van der Waals surface area contributed by atoms with Crippen LogP contribution in [0.15, 0.2) is 36.4 Å². The minimum absolute atomic E-state index is 0.0899. The van der Waals surface area contributed by atoms with Gasteiger partial charge in [0.1, 0.15) is 11.5 Å². The van der Waals surface area contributed by atoms with E-state index in [0.717, 1.165) is 11.4 Å². The molecule has 7 heteroatoms. The maximum atomic E-state index is 14.0. The SMILES string of the molecule is Cc1cc(C(=O)N2CCN(c3ccccc3F)CC2)nc2cc(C(C)(C)C)nn12. The number of piperazine rings is 1. The first-order chi connectivity index (χ1) is 13.7. The Labute approximate surface area is 170 Å². The largest absolute Gasteiger partial charge is 0.366 e. The molecule has 0 unspecified atom stereocenters. The summed E-state index contributed by atoms with van der Waals surface area (Å²) in [7, 11) is 0. The molecule has 1 saturated heterocycles. The quantitative estimate of drug-likeness (QED) is 0.667. The van der Waals surface area contributed by atoms with Crippen LogP contribution in [-0.2, 0) is 5.41 Å². The molecule has 0 N–H and O–H groups in total. The number of carbonyl (C=O) groups is 1. The standard InChI is InChI=1S/C22H26FN5O/c1-15-13-17(24-20-14-19(22(2,3)4)25-28(15)20)21(29)27-11-9-26(10-12-27)18-8-6-5-7-16(18)23/h5-8,13-14H,9-12H2,1-4H3. The number of carbonyl (C=O) groups excluding carboxylic acids is 1. The average molecular weight is 395 g/mol. The van der Waals surface area contributed by atoms with Gasteiger partial charge in [0.25, 0.3) is 5.91 Å². The number of aryl methyl sites for hydroxylation is 1. The number of hydrogen-bond acceptors (Lipinski definition) is 4. The molecule has 0 saturated carbocycles. The fourth-order valence-electron chi connectivity index (χ4n) is 3.62. The van der Waals surface area contributed by atoms with Gasteiger partial charge in [-0.05, 0) is 25.1 Å². The van der Waals surface area contributed by atoms with Crippen molar-refractivity contribution in [1.29, 1.82) is 0 Å². The Kier molecular flexibility index (Phi) is 4.76. The van der Waals surface area contributed by atoms with Crippen molar-refractivity contribution in [3.63, 3.8) is 0 Å². The van der Waals surface area contributed by atoms with Crippen molar-refractivity contribution in [1.82, 2.24) is 19.5 Å². The Morgan fingerprint density at radius 3 is 2.41 bits per heavy atom. The van der Waals surface area contributed by atoms with Crippen LogP contribution in [0, 0.1) is 12.7 Å². The Morgan fingerprint density at radius 1 is 1.07 bits per heavy atom. The molecule has 6 nitrogen and oxygen atoms in total. The van der Waals surface area contributed by atoms with E-state index in [1.165, 1.54) is 6.07 Å². The molecule has 1 fully saturated rings. The lowest BCUT2D eigenvalue weighted by Gasteiger charge is -2.36. The second-order valence-corrected chi connectivity index (χ2v) is 8.56. The number of hydrogen-bond donors (Lipinski definition) is 0. The van der Waals surface area contributed by atoms with Crippen molar-refractivity contribution in [2.45, 2.75) is 33.1 Å². The fraction of sp³-hybridized carbons (Fsp3) is 0.409. The lowest BCUT2D eigenvalue weighted by molar-refractivity contribution is 0.0740. The van der Waals surface area contributed by atoms with Crippen LogP contribution in [0.25, 0.3) is 5.65 Å². The van der Waals surface area contributed by atoms with E-state index in [0.29, 0.717) is 43.2 Å². The minimum atomic E-state index is -0.231. The maximum Gasteiger partial charge on any atom is 0.272 e. The molecule has 3 heterocycles. The highest BCUT2D eigenvalue weighted by molar-refractivity contribution is 5.93. The number of aromatic nitrogens is 3. The van der Waals surface area contributed by atoms with Gasteiger partial charge in [-0.3, -0.25) is 4.79 Å². The predicted molar refractivity (Wildman–Crippen MR) is 111 cm³/mol. The zero-order valence-corrected chi connectivity index (χ0v) is 17.3. The highest BCUT2D eigenvalue weighted by atomic mass is 19.1. The van der Waals surface area contributed by atoms with E-state index in [2.05, 4.69) is 30.9 Å². The molecule has 1 amide bonds. The topological polar surface area (TPSA) is 53.7 Å². The Morgan fingerprint density at radius 2 is 1.76 bits per heavy atom. The third-order valence-electron chi connectivity index (χ3n) is 5.35. The van der Waals surface area contributed by atoms with Crippen LogP contribution in [0.4, 0.5) is 10.1 Å². The van der Waals surface area contributed by atoms with Crippen molar-refractivity contribution < 1.29 is 9.18 Å². The van der Waals surface area contributed by atoms with Crippen molar-refractivity contribution in [2.24, 2.45) is 0 Å². The minimum Gasteiger partial charge on any atom is -0.366 e. The van der Waals surface area contributed by atoms with Crippen molar-refractivity contribution in [3.05, 3.63) is 59.3 Å². The number of nitrogens with zero attached hydrogens (tertiary/aromatic N) is 5. The number of rotatable bonds is 2. The van der Waals surface area contributed by atoms with Crippen LogP contribution >= 0.6 is 0 Å². The van der Waals surface area contributed by atoms with Gasteiger partial charge in [0.15, 0.2) is 5.65 Å². The summed E-state index contributed by atoms with van der Waals surface area (Å²) in [5.41, 5.74) is 3.42. The van der Waals surface area contributed by atoms with Crippen LogP contribution in [0.3, 0.4) is 0 Å². The highest BCUT2D eigenvalue weighted by Gasteiger charge is 2.26. The van der Waals surface area contributed by atoms with Crippen molar-refractivity contribution in [2.75, 3.05) is 31.1 Å². The van der Waals surface area contributed by atoms with E-state index in [4.69, 9.17) is 0 Å². The first-order valence-electron chi connectivity index (χ1n) is 9.91. The molecule has 4 rings (SSSR count). The average Bonchev–Trinajstić information content (AvgIpc) is 3.13. The first kappa shape index (κ1) is 19.4. The van der Waals surface area contributed by atoms with E-state index in [1.54, 1.807) is 27.6 Å². The molecule has 152 valence electrons. The van der Waals surface area contributed by atoms with Crippen LogP contribution in [0.1, 0.15) is 42.6 Å². The molecule has 0 spiro atoms. The summed E-state index contributed by atoms with van der Waals surface area (Å²) in [5, 5.41) is 4.64. The predicted octanol–water partition coefficient (Wildman–Crippen LogP) is 3.44. The van der Waals surface area contributed by atoms with Gasteiger partial charge in [0, 0.05) is 43.4 Å². The van der Waals surface area contributed by atoms with Gasteiger partial charge in [-0.2, -0.15) is 5.10 Å². The number of para-hydroxylation sites is 1. The maximum absolute atomic E-state index is 14.0. The second kappa shape index (κ2) is 7.13. The molecular weight excluding hydrogens is 369 g/mol. The third kappa shape index (κ3) is 3.69. The van der Waals surface area contributed by atoms with E-state index in [1.807, 2.05) is 24.0 Å². The lowest BCUT2D eigenvalue weighted by atomic mass is 9.93. The van der Waals surface area contributed by atoms with E-state index in [-0.39, 0.29) is 17.1 Å². The Hall–Kier alpha value is -2.96. The molecule has 1 aliphatic rings. The molecule has 29 heavy (non-hydrogen) atoms. The molecule has 0 radical (unpaired) electrons. The molecule has 0 bridgehead atoms. The van der Waals surface area contributed by atoms with Crippen molar-refractivity contribution in [3.8, 4) is 0 Å². The third-order valence-corrected chi connectivity index (χ3v) is 5.35. The number of fused-ring (bicyclic) bond motifs is 1. The fourth-order valence-corrected chi connectivity index (χ4v) is 3.62. The molecule has 0 aliphatic carbocycles. The molecule has 1 aromatic carbocycles. The Bertz CT molecular complexity index is 1060. The summed E-state index contributed by atoms with van der Waals surface area (Å²) in [5.74, 6) is -0.326. The van der Waals surface area contributed by atoms with Gasteiger partial charge >= 0.3 is 0 Å². The summed E-state index contributed by atoms with van der Waals surface area (Å²) < 4.78 is 15.8. The summed E-state index contributed by atoms with van der Waals surface area (Å²) in [4.78, 5) is 21.4. The van der Waals surface area contributed by atoms with Crippen LogP contribution in [0.5, 0.6) is 0 Å². The van der Waals surface area contributed by atoms with E-state index >= 15 is 0 Å². The molecule has 3 aromatic rings. The van der Waals surface area contributed by atoms with Crippen molar-refractivity contribution >= 4 is 17.2 Å². The van der Waals surface area contributed by atoms with Gasteiger partial charge in [0.05, 0.1) is 11.4 Å². The van der Waals surface area contributed by atoms with Gasteiger partial charge < -0.3 is 9.80 Å². The normalized spacial score (nSPS) is 15.2. The van der Waals surface area contributed by atoms with Crippen LogP contribution < -0.4 is 4.90 Å². The Balaban J connectivity index is 1.53. The summed E-state index contributed by atoms with van der Waals surface area (Å²) in [6, 6.07) is 10.5. The highest BCUT2D eigenvalue weighted by Crippen LogP contribution is 2.23. The molecule has 2 aromatic heterocycles. The summed E-state index contributed by atoms with van der Waals surface area (Å²) >= 11 is 0. The van der Waals surface area contributed by atoms with Crippen LogP contribution in [0.2, 0.25) is 0 Å². The van der Waals surface area contributed by atoms with E-state index in [9.17, 15) is 9.18 Å². The lowest BCUT2D eigenvalue weighted by Crippen LogP contribution is -2.49. The van der Waals surface area contributed by atoms with Gasteiger partial charge in [-0.1, -0.05) is 32.9 Å². The van der Waals surface area contributed by atoms with E-state index < -0.39 is 0 Å². The number of benzene rings is 1. The van der Waals surface area contributed by atoms with Gasteiger partial charge in [-0.15, -0.1) is 0 Å². The molecule has 1 aliphatic heterocycles. The zero-order chi connectivity index (χ0) is 20.8. The number of anilines is 1. The summed E-state index contributed by atoms with van der Waals surface area (Å²) in [6.07, 6.45) is 0. The summed E-state index contributed by atoms with van der Waals surface area (Å²) in [6.45, 7) is 10.5. The molecular formula is C22H26FN5O. The first-order valence-corrected chi connectivity index (χ1v) is 9.91. The second-order valence-electron chi connectivity index (χ2n) is 8.56. The zero-order valence-electron chi connectivity index (χ0n) is 17.3. The monoisotopic (exact) mass is 395 g/mol. The van der Waals surface area contributed by atoms with Gasteiger partial charge in [0.2, 0.25) is 0 Å². The smallest absolute Gasteiger partial charge is 0.272 e.